The highest BCUT2D eigenvalue weighted by Gasteiger charge is 2.22. The SMILES string of the molecule is CCCCCCCCC(=O)N1CCOCC1C. The van der Waals surface area contributed by atoms with Crippen LogP contribution < -0.4 is 0 Å². The molecule has 1 unspecified atom stereocenters. The van der Waals surface area contributed by atoms with Crippen LogP contribution in [0.4, 0.5) is 0 Å². The van der Waals surface area contributed by atoms with E-state index in [-0.39, 0.29) is 6.04 Å². The van der Waals surface area contributed by atoms with E-state index in [1.54, 1.807) is 0 Å². The second-order valence-corrected chi connectivity index (χ2v) is 5.03. The highest BCUT2D eigenvalue weighted by atomic mass is 16.5. The zero-order valence-electron chi connectivity index (χ0n) is 11.4. The van der Waals surface area contributed by atoms with Crippen molar-refractivity contribution < 1.29 is 9.53 Å². The third-order valence-corrected chi connectivity index (χ3v) is 3.43. The van der Waals surface area contributed by atoms with Crippen molar-refractivity contribution in [2.75, 3.05) is 19.8 Å². The first-order valence-electron chi connectivity index (χ1n) is 7.13. The predicted molar refractivity (Wildman–Crippen MR) is 70.0 cm³/mol. The molecule has 1 rings (SSSR count). The normalized spacial score (nSPS) is 20.6. The molecule has 0 aromatic heterocycles. The molecule has 0 N–H and O–H groups in total. The van der Waals surface area contributed by atoms with Crippen LogP contribution in [0.25, 0.3) is 0 Å². The summed E-state index contributed by atoms with van der Waals surface area (Å²) in [5.74, 6) is 0.316. The van der Waals surface area contributed by atoms with E-state index in [2.05, 4.69) is 13.8 Å². The van der Waals surface area contributed by atoms with E-state index in [1.807, 2.05) is 4.90 Å². The van der Waals surface area contributed by atoms with Crippen LogP contribution >= 0.6 is 0 Å². The molecule has 1 amide bonds. The lowest BCUT2D eigenvalue weighted by molar-refractivity contribution is -0.139. The average Bonchev–Trinajstić information content (AvgIpc) is 2.34. The fraction of sp³-hybridized carbons (Fsp3) is 0.929. The van der Waals surface area contributed by atoms with Crippen molar-refractivity contribution in [2.45, 2.75) is 64.8 Å². The first kappa shape index (κ1) is 14.5. The van der Waals surface area contributed by atoms with E-state index < -0.39 is 0 Å². The van der Waals surface area contributed by atoms with Crippen molar-refractivity contribution in [1.82, 2.24) is 4.90 Å². The van der Waals surface area contributed by atoms with Gasteiger partial charge in [0.05, 0.1) is 19.3 Å². The molecule has 3 heteroatoms. The summed E-state index contributed by atoms with van der Waals surface area (Å²) in [4.78, 5) is 13.9. The predicted octanol–water partition coefficient (Wildman–Crippen LogP) is 2.98. The molecule has 1 atom stereocenters. The van der Waals surface area contributed by atoms with Gasteiger partial charge in [-0.25, -0.2) is 0 Å². The lowest BCUT2D eigenvalue weighted by Crippen LogP contribution is -2.47. The Morgan fingerprint density at radius 3 is 2.65 bits per heavy atom. The van der Waals surface area contributed by atoms with Crippen LogP contribution in [-0.4, -0.2) is 36.6 Å². The number of ether oxygens (including phenoxy) is 1. The molecule has 1 aliphatic heterocycles. The molecule has 0 spiro atoms. The highest BCUT2D eigenvalue weighted by molar-refractivity contribution is 5.76. The Kier molecular flexibility index (Phi) is 7.25. The minimum absolute atomic E-state index is 0.261. The van der Waals surface area contributed by atoms with Gasteiger partial charge in [0, 0.05) is 13.0 Å². The Balaban J connectivity index is 2.07. The van der Waals surface area contributed by atoms with E-state index in [9.17, 15) is 4.79 Å². The lowest BCUT2D eigenvalue weighted by Gasteiger charge is -2.33. The summed E-state index contributed by atoms with van der Waals surface area (Å²) in [6, 6.07) is 0.261. The van der Waals surface area contributed by atoms with Crippen LogP contribution in [0.1, 0.15) is 58.8 Å². The second-order valence-electron chi connectivity index (χ2n) is 5.03. The van der Waals surface area contributed by atoms with Gasteiger partial charge in [0.15, 0.2) is 0 Å². The smallest absolute Gasteiger partial charge is 0.222 e. The summed E-state index contributed by atoms with van der Waals surface area (Å²) in [5.41, 5.74) is 0. The molecule has 100 valence electrons. The Labute approximate surface area is 106 Å². The molecule has 3 nitrogen and oxygen atoms in total. The molecule has 0 bridgehead atoms. The number of carbonyl (C=O) groups is 1. The largest absolute Gasteiger partial charge is 0.377 e. The van der Waals surface area contributed by atoms with Crippen LogP contribution in [0.3, 0.4) is 0 Å². The van der Waals surface area contributed by atoms with E-state index in [1.165, 1.54) is 32.1 Å². The minimum atomic E-state index is 0.261. The highest BCUT2D eigenvalue weighted by Crippen LogP contribution is 2.12. The van der Waals surface area contributed by atoms with Crippen molar-refractivity contribution >= 4 is 5.91 Å². The van der Waals surface area contributed by atoms with Crippen LogP contribution in [0.15, 0.2) is 0 Å². The molecule has 1 fully saturated rings. The molecule has 1 aliphatic rings. The zero-order valence-corrected chi connectivity index (χ0v) is 11.4. The molecule has 1 heterocycles. The Morgan fingerprint density at radius 2 is 1.94 bits per heavy atom. The van der Waals surface area contributed by atoms with E-state index in [0.29, 0.717) is 19.1 Å². The van der Waals surface area contributed by atoms with Crippen LogP contribution in [0.2, 0.25) is 0 Å². The standard InChI is InChI=1S/C14H27NO2/c1-3-4-5-6-7-8-9-14(16)15-10-11-17-12-13(15)2/h13H,3-12H2,1-2H3. The molecule has 0 radical (unpaired) electrons. The number of hydrogen-bond acceptors (Lipinski definition) is 2. The van der Waals surface area contributed by atoms with E-state index in [4.69, 9.17) is 4.74 Å². The molecule has 0 aromatic rings. The summed E-state index contributed by atoms with van der Waals surface area (Å²) in [5, 5.41) is 0. The number of unbranched alkanes of at least 4 members (excludes halogenated alkanes) is 5. The van der Waals surface area contributed by atoms with Crippen molar-refractivity contribution in [3.63, 3.8) is 0 Å². The third-order valence-electron chi connectivity index (χ3n) is 3.43. The van der Waals surface area contributed by atoms with Crippen LogP contribution in [-0.2, 0) is 9.53 Å². The van der Waals surface area contributed by atoms with Gasteiger partial charge in [-0.2, -0.15) is 0 Å². The topological polar surface area (TPSA) is 29.5 Å². The van der Waals surface area contributed by atoms with E-state index in [0.717, 1.165) is 19.4 Å². The molecule has 1 saturated heterocycles. The number of hydrogen-bond donors (Lipinski definition) is 0. The Bertz CT molecular complexity index is 218. The average molecular weight is 241 g/mol. The molecule has 0 aliphatic carbocycles. The van der Waals surface area contributed by atoms with Gasteiger partial charge in [-0.3, -0.25) is 4.79 Å². The zero-order chi connectivity index (χ0) is 12.5. The van der Waals surface area contributed by atoms with Crippen molar-refractivity contribution in [3.8, 4) is 0 Å². The Hall–Kier alpha value is -0.570. The first-order chi connectivity index (χ1) is 8.25. The van der Waals surface area contributed by atoms with Gasteiger partial charge < -0.3 is 9.64 Å². The van der Waals surface area contributed by atoms with Crippen molar-refractivity contribution in [2.24, 2.45) is 0 Å². The molecule has 0 saturated carbocycles. The monoisotopic (exact) mass is 241 g/mol. The van der Waals surface area contributed by atoms with Crippen molar-refractivity contribution in [1.29, 1.82) is 0 Å². The quantitative estimate of drug-likeness (QED) is 0.641. The number of morpholine rings is 1. The van der Waals surface area contributed by atoms with Gasteiger partial charge in [0.1, 0.15) is 0 Å². The second kappa shape index (κ2) is 8.51. The summed E-state index contributed by atoms with van der Waals surface area (Å²) < 4.78 is 5.34. The Morgan fingerprint density at radius 1 is 1.24 bits per heavy atom. The fourth-order valence-corrected chi connectivity index (χ4v) is 2.30. The summed E-state index contributed by atoms with van der Waals surface area (Å²) in [6.07, 6.45) is 8.17. The van der Waals surface area contributed by atoms with E-state index >= 15 is 0 Å². The maximum atomic E-state index is 12.0. The van der Waals surface area contributed by atoms with Gasteiger partial charge in [-0.15, -0.1) is 0 Å². The molecular formula is C14H27NO2. The summed E-state index contributed by atoms with van der Waals surface area (Å²) in [6.45, 7) is 6.46. The number of carbonyl (C=O) groups excluding carboxylic acids is 1. The third kappa shape index (κ3) is 5.53. The lowest BCUT2D eigenvalue weighted by atomic mass is 10.1. The van der Waals surface area contributed by atoms with Gasteiger partial charge in [-0.1, -0.05) is 39.0 Å². The minimum Gasteiger partial charge on any atom is -0.377 e. The van der Waals surface area contributed by atoms with Crippen LogP contribution in [0.5, 0.6) is 0 Å². The summed E-state index contributed by atoms with van der Waals surface area (Å²) in [7, 11) is 0. The number of amides is 1. The van der Waals surface area contributed by atoms with Crippen molar-refractivity contribution in [3.05, 3.63) is 0 Å². The molecular weight excluding hydrogens is 214 g/mol. The number of nitrogens with zero attached hydrogens (tertiary/aromatic N) is 1. The van der Waals surface area contributed by atoms with Gasteiger partial charge >= 0.3 is 0 Å². The maximum Gasteiger partial charge on any atom is 0.222 e. The van der Waals surface area contributed by atoms with Crippen LogP contribution in [0, 0.1) is 0 Å². The first-order valence-corrected chi connectivity index (χ1v) is 7.13. The van der Waals surface area contributed by atoms with Gasteiger partial charge in [0.2, 0.25) is 5.91 Å². The summed E-state index contributed by atoms with van der Waals surface area (Å²) >= 11 is 0. The number of rotatable bonds is 7. The van der Waals surface area contributed by atoms with Gasteiger partial charge in [0.25, 0.3) is 0 Å². The fourth-order valence-electron chi connectivity index (χ4n) is 2.30. The van der Waals surface area contributed by atoms with Gasteiger partial charge in [-0.05, 0) is 13.3 Å². The molecule has 17 heavy (non-hydrogen) atoms. The maximum absolute atomic E-state index is 12.0. The molecule has 0 aromatic carbocycles.